The summed E-state index contributed by atoms with van der Waals surface area (Å²) in [5.74, 6) is 1.15. The Hall–Kier alpha value is -1.82. The van der Waals surface area contributed by atoms with Crippen molar-refractivity contribution in [1.29, 1.82) is 0 Å². The average Bonchev–Trinajstić information content (AvgIpc) is 2.54. The number of esters is 1. The minimum Gasteiger partial charge on any atom is -0.480 e. The number of aromatic nitrogens is 1. The second-order valence-corrected chi connectivity index (χ2v) is 5.20. The molecule has 116 valence electrons. The summed E-state index contributed by atoms with van der Waals surface area (Å²) in [5, 5.41) is 0. The van der Waals surface area contributed by atoms with Crippen molar-refractivity contribution in [3.63, 3.8) is 0 Å². The Morgan fingerprint density at radius 1 is 1.33 bits per heavy atom. The Balaban J connectivity index is 2.23. The number of methoxy groups -OCH3 is 3. The molecule has 0 spiro atoms. The quantitative estimate of drug-likeness (QED) is 0.788. The molecule has 6 heteroatoms. The first-order valence-electron chi connectivity index (χ1n) is 7.01. The molecule has 2 rings (SSSR count). The summed E-state index contributed by atoms with van der Waals surface area (Å²) < 4.78 is 15.4. The molecule has 0 radical (unpaired) electrons. The van der Waals surface area contributed by atoms with E-state index >= 15 is 0 Å². The van der Waals surface area contributed by atoms with Crippen molar-refractivity contribution in [3.8, 4) is 5.88 Å². The number of hydrogen-bond donors (Lipinski definition) is 0. The van der Waals surface area contributed by atoms with Crippen molar-refractivity contribution in [2.24, 2.45) is 5.92 Å². The third-order valence-corrected chi connectivity index (χ3v) is 3.96. The van der Waals surface area contributed by atoms with Crippen LogP contribution in [0.2, 0.25) is 0 Å². The highest BCUT2D eigenvalue weighted by molar-refractivity contribution is 5.92. The molecule has 0 N–H and O–H groups in total. The van der Waals surface area contributed by atoms with Crippen LogP contribution in [0, 0.1) is 5.92 Å². The van der Waals surface area contributed by atoms with Crippen LogP contribution in [0.5, 0.6) is 5.88 Å². The fraction of sp³-hybridized carbons (Fsp3) is 0.600. The molecule has 0 amide bonds. The molecule has 2 unspecified atom stereocenters. The van der Waals surface area contributed by atoms with E-state index in [0.29, 0.717) is 11.5 Å². The van der Waals surface area contributed by atoms with Gasteiger partial charge in [-0.05, 0) is 24.5 Å². The van der Waals surface area contributed by atoms with E-state index in [-0.39, 0.29) is 12.0 Å². The normalized spacial score (nSPS) is 22.0. The minimum absolute atomic E-state index is 0.187. The molecule has 1 fully saturated rings. The van der Waals surface area contributed by atoms with E-state index in [2.05, 4.69) is 16.8 Å². The van der Waals surface area contributed by atoms with Gasteiger partial charge in [-0.25, -0.2) is 4.79 Å². The summed E-state index contributed by atoms with van der Waals surface area (Å²) in [6.45, 7) is 3.89. The molecule has 1 saturated heterocycles. The number of nitrogens with zero attached hydrogens (tertiary/aromatic N) is 2. The third-order valence-electron chi connectivity index (χ3n) is 3.96. The summed E-state index contributed by atoms with van der Waals surface area (Å²) >= 11 is 0. The van der Waals surface area contributed by atoms with Crippen LogP contribution in [0.4, 0.5) is 5.82 Å². The maximum atomic E-state index is 11.6. The number of pyridine rings is 1. The maximum Gasteiger partial charge on any atom is 0.343 e. The number of carbonyl (C=O) groups is 1. The first kappa shape index (κ1) is 15.6. The van der Waals surface area contributed by atoms with Gasteiger partial charge in [-0.1, -0.05) is 6.92 Å². The smallest absolute Gasteiger partial charge is 0.343 e. The van der Waals surface area contributed by atoms with Gasteiger partial charge < -0.3 is 19.1 Å². The van der Waals surface area contributed by atoms with E-state index in [4.69, 9.17) is 14.2 Å². The molecule has 0 aromatic carbocycles. The van der Waals surface area contributed by atoms with Gasteiger partial charge in [0, 0.05) is 20.2 Å². The van der Waals surface area contributed by atoms with E-state index in [1.807, 2.05) is 6.07 Å². The van der Waals surface area contributed by atoms with Crippen LogP contribution < -0.4 is 9.64 Å². The zero-order valence-corrected chi connectivity index (χ0v) is 13.0. The summed E-state index contributed by atoms with van der Waals surface area (Å²) in [4.78, 5) is 18.2. The number of hydrogen-bond acceptors (Lipinski definition) is 6. The minimum atomic E-state index is -0.451. The molecular weight excluding hydrogens is 272 g/mol. The Labute approximate surface area is 125 Å². The van der Waals surface area contributed by atoms with Crippen LogP contribution in [0.15, 0.2) is 12.1 Å². The van der Waals surface area contributed by atoms with Gasteiger partial charge in [0.2, 0.25) is 5.88 Å². The highest BCUT2D eigenvalue weighted by atomic mass is 16.5. The zero-order chi connectivity index (χ0) is 15.4. The second-order valence-electron chi connectivity index (χ2n) is 5.20. The fourth-order valence-electron chi connectivity index (χ4n) is 2.58. The third kappa shape index (κ3) is 3.26. The van der Waals surface area contributed by atoms with Gasteiger partial charge in [0.1, 0.15) is 11.4 Å². The molecule has 1 aliphatic rings. The second kappa shape index (κ2) is 6.76. The molecule has 0 saturated carbocycles. The van der Waals surface area contributed by atoms with E-state index in [1.54, 1.807) is 13.2 Å². The average molecular weight is 294 g/mol. The molecule has 21 heavy (non-hydrogen) atoms. The van der Waals surface area contributed by atoms with Crippen LogP contribution in [0.3, 0.4) is 0 Å². The number of piperidine rings is 1. The first-order valence-corrected chi connectivity index (χ1v) is 7.01. The fourth-order valence-corrected chi connectivity index (χ4v) is 2.58. The number of ether oxygens (including phenoxy) is 3. The van der Waals surface area contributed by atoms with Crippen molar-refractivity contribution in [3.05, 3.63) is 17.7 Å². The number of anilines is 1. The summed E-state index contributed by atoms with van der Waals surface area (Å²) in [6.07, 6.45) is 1.23. The van der Waals surface area contributed by atoms with Crippen LogP contribution >= 0.6 is 0 Å². The Kier molecular flexibility index (Phi) is 5.01. The predicted molar refractivity (Wildman–Crippen MR) is 78.9 cm³/mol. The molecule has 6 nitrogen and oxygen atoms in total. The van der Waals surface area contributed by atoms with Gasteiger partial charge in [-0.3, -0.25) is 0 Å². The standard InChI is InChI=1S/C15H22N2O4/c1-10-7-8-17(9-12(10)19-2)13-6-5-11(15(18)21-4)14(16-13)20-3/h5-6,10,12H,7-9H2,1-4H3. The largest absolute Gasteiger partial charge is 0.480 e. The Bertz CT molecular complexity index is 506. The van der Waals surface area contributed by atoms with Gasteiger partial charge in [0.25, 0.3) is 0 Å². The van der Waals surface area contributed by atoms with E-state index < -0.39 is 5.97 Å². The van der Waals surface area contributed by atoms with E-state index in [1.165, 1.54) is 14.2 Å². The van der Waals surface area contributed by atoms with Gasteiger partial charge in [0.05, 0.1) is 20.3 Å². The predicted octanol–water partition coefficient (Wildman–Crippen LogP) is 1.74. The lowest BCUT2D eigenvalue weighted by molar-refractivity contribution is 0.0496. The van der Waals surface area contributed by atoms with Crippen molar-refractivity contribution in [2.75, 3.05) is 39.3 Å². The molecule has 2 heterocycles. The molecule has 1 aromatic rings. The van der Waals surface area contributed by atoms with Gasteiger partial charge in [-0.2, -0.15) is 4.98 Å². The van der Waals surface area contributed by atoms with Crippen LogP contribution in [-0.4, -0.2) is 51.5 Å². The highest BCUT2D eigenvalue weighted by Crippen LogP contribution is 2.26. The first-order chi connectivity index (χ1) is 10.1. The molecule has 0 aliphatic carbocycles. The lowest BCUT2D eigenvalue weighted by Crippen LogP contribution is -2.44. The van der Waals surface area contributed by atoms with E-state index in [9.17, 15) is 4.79 Å². The topological polar surface area (TPSA) is 60.9 Å². The van der Waals surface area contributed by atoms with Gasteiger partial charge >= 0.3 is 5.97 Å². The van der Waals surface area contributed by atoms with Crippen LogP contribution in [-0.2, 0) is 9.47 Å². The van der Waals surface area contributed by atoms with Gasteiger partial charge in [0.15, 0.2) is 0 Å². The maximum absolute atomic E-state index is 11.6. The van der Waals surface area contributed by atoms with Crippen molar-refractivity contribution < 1.29 is 19.0 Å². The number of rotatable bonds is 4. The lowest BCUT2D eigenvalue weighted by Gasteiger charge is -2.37. The summed E-state index contributed by atoms with van der Waals surface area (Å²) in [5.41, 5.74) is 0.331. The Morgan fingerprint density at radius 3 is 2.71 bits per heavy atom. The van der Waals surface area contributed by atoms with Crippen molar-refractivity contribution in [2.45, 2.75) is 19.4 Å². The highest BCUT2D eigenvalue weighted by Gasteiger charge is 2.27. The molecule has 2 atom stereocenters. The van der Waals surface area contributed by atoms with Crippen LogP contribution in [0.25, 0.3) is 0 Å². The summed E-state index contributed by atoms with van der Waals surface area (Å²) in [6, 6.07) is 3.50. The lowest BCUT2D eigenvalue weighted by atomic mass is 9.96. The van der Waals surface area contributed by atoms with Gasteiger partial charge in [-0.15, -0.1) is 0 Å². The zero-order valence-electron chi connectivity index (χ0n) is 13.0. The molecule has 0 bridgehead atoms. The van der Waals surface area contributed by atoms with E-state index in [0.717, 1.165) is 25.3 Å². The number of carbonyl (C=O) groups excluding carboxylic acids is 1. The molecular formula is C15H22N2O4. The molecule has 1 aliphatic heterocycles. The van der Waals surface area contributed by atoms with Crippen molar-refractivity contribution >= 4 is 11.8 Å². The van der Waals surface area contributed by atoms with Crippen molar-refractivity contribution in [1.82, 2.24) is 4.98 Å². The monoisotopic (exact) mass is 294 g/mol. The Morgan fingerprint density at radius 2 is 2.10 bits per heavy atom. The summed E-state index contributed by atoms with van der Waals surface area (Å²) in [7, 11) is 4.57. The SMILES string of the molecule is COC(=O)c1ccc(N2CCC(C)C(OC)C2)nc1OC. The van der Waals surface area contributed by atoms with Crippen LogP contribution in [0.1, 0.15) is 23.7 Å². The molecule has 1 aromatic heterocycles.